The summed E-state index contributed by atoms with van der Waals surface area (Å²) in [6.45, 7) is 15.4. The van der Waals surface area contributed by atoms with Gasteiger partial charge in [0.25, 0.3) is 0 Å². The molecule has 0 radical (unpaired) electrons. The topological polar surface area (TPSA) is 21.7 Å². The molecule has 0 aromatic rings. The summed E-state index contributed by atoms with van der Waals surface area (Å²) in [4.78, 5) is 6.12. The normalized spacial score (nSPS) is 19.2. The molecule has 186 valence electrons. The van der Waals surface area contributed by atoms with E-state index in [-0.39, 0.29) is 11.1 Å². The van der Waals surface area contributed by atoms with Crippen molar-refractivity contribution in [2.45, 2.75) is 168 Å². The maximum Gasteiger partial charge on any atom is 0.0683 e. The first-order valence-electron chi connectivity index (χ1n) is 13.9. The fourth-order valence-electron chi connectivity index (χ4n) is 5.37. The zero-order valence-corrected chi connectivity index (χ0v) is 22.3. The van der Waals surface area contributed by atoms with Gasteiger partial charge in [-0.1, -0.05) is 97.3 Å². The summed E-state index contributed by atoms with van der Waals surface area (Å²) >= 11 is 0. The zero-order valence-electron chi connectivity index (χ0n) is 22.3. The quantitative estimate of drug-likeness (QED) is 0.188. The van der Waals surface area contributed by atoms with E-state index in [0.29, 0.717) is 6.10 Å². The maximum atomic E-state index is 6.33. The highest BCUT2D eigenvalue weighted by Crippen LogP contribution is 2.39. The van der Waals surface area contributed by atoms with Crippen molar-refractivity contribution in [3.63, 3.8) is 0 Å². The van der Waals surface area contributed by atoms with Crippen molar-refractivity contribution < 1.29 is 9.57 Å². The van der Waals surface area contributed by atoms with E-state index in [1.807, 2.05) is 0 Å². The molecule has 1 rings (SSSR count). The summed E-state index contributed by atoms with van der Waals surface area (Å²) in [6.07, 6.45) is 23.2. The van der Waals surface area contributed by atoms with Crippen LogP contribution in [-0.4, -0.2) is 35.5 Å². The SMILES string of the molecule is CCCCCCCCCCCCCCCCOC1CC(C)(C)N(OCCC)C(C)(C)C1. The number of hydrogen-bond acceptors (Lipinski definition) is 3. The van der Waals surface area contributed by atoms with Gasteiger partial charge < -0.3 is 4.74 Å². The summed E-state index contributed by atoms with van der Waals surface area (Å²) in [5.74, 6) is 0. The number of hydroxylamine groups is 2. The average Bonchev–Trinajstić information content (AvgIpc) is 2.69. The van der Waals surface area contributed by atoms with Crippen LogP contribution in [0.5, 0.6) is 0 Å². The first-order chi connectivity index (χ1) is 14.8. The van der Waals surface area contributed by atoms with Crippen LogP contribution >= 0.6 is 0 Å². The molecular weight excluding hydrogens is 382 g/mol. The molecule has 0 atom stereocenters. The van der Waals surface area contributed by atoms with Crippen molar-refractivity contribution in [3.8, 4) is 0 Å². The summed E-state index contributed by atoms with van der Waals surface area (Å²) in [5.41, 5.74) is 0.0498. The van der Waals surface area contributed by atoms with Gasteiger partial charge in [0.1, 0.15) is 0 Å². The molecule has 0 aromatic carbocycles. The third-order valence-electron chi connectivity index (χ3n) is 6.83. The molecule has 0 aliphatic carbocycles. The highest BCUT2D eigenvalue weighted by Gasteiger charge is 2.46. The van der Waals surface area contributed by atoms with E-state index in [4.69, 9.17) is 9.57 Å². The Morgan fingerprint density at radius 3 is 1.42 bits per heavy atom. The van der Waals surface area contributed by atoms with Crippen LogP contribution < -0.4 is 0 Å². The van der Waals surface area contributed by atoms with Crippen molar-refractivity contribution in [1.82, 2.24) is 5.06 Å². The van der Waals surface area contributed by atoms with Crippen LogP contribution in [0.25, 0.3) is 0 Å². The Kier molecular flexibility index (Phi) is 15.4. The van der Waals surface area contributed by atoms with Crippen molar-refractivity contribution in [1.29, 1.82) is 0 Å². The fraction of sp³-hybridized carbons (Fsp3) is 1.00. The lowest BCUT2D eigenvalue weighted by Gasteiger charge is -2.53. The predicted octanol–water partition coefficient (Wildman–Crippen LogP) is 8.85. The van der Waals surface area contributed by atoms with Crippen LogP contribution in [0.1, 0.15) is 151 Å². The Labute approximate surface area is 196 Å². The number of rotatable bonds is 19. The molecule has 1 heterocycles. The van der Waals surface area contributed by atoms with E-state index in [0.717, 1.165) is 32.5 Å². The van der Waals surface area contributed by atoms with Crippen molar-refractivity contribution in [2.24, 2.45) is 0 Å². The molecule has 0 N–H and O–H groups in total. The lowest BCUT2D eigenvalue weighted by atomic mass is 9.80. The third kappa shape index (κ3) is 12.6. The summed E-state index contributed by atoms with van der Waals surface area (Å²) < 4.78 is 6.33. The van der Waals surface area contributed by atoms with E-state index in [1.165, 1.54) is 89.9 Å². The second-order valence-electron chi connectivity index (χ2n) is 11.2. The lowest BCUT2D eigenvalue weighted by Crippen LogP contribution is -2.61. The van der Waals surface area contributed by atoms with Crippen LogP contribution in [0.4, 0.5) is 0 Å². The fourth-order valence-corrected chi connectivity index (χ4v) is 5.37. The number of nitrogens with zero attached hydrogens (tertiary/aromatic N) is 1. The minimum atomic E-state index is 0.0249. The average molecular weight is 440 g/mol. The molecule has 0 unspecified atom stereocenters. The molecule has 0 amide bonds. The highest BCUT2D eigenvalue weighted by molar-refractivity contribution is 4.97. The van der Waals surface area contributed by atoms with Gasteiger partial charge in [-0.2, -0.15) is 5.06 Å². The van der Waals surface area contributed by atoms with Crippen LogP contribution in [0, 0.1) is 0 Å². The molecule has 0 saturated carbocycles. The molecule has 0 spiro atoms. The first kappa shape index (κ1) is 28.9. The molecule has 31 heavy (non-hydrogen) atoms. The van der Waals surface area contributed by atoms with Gasteiger partial charge in [-0.25, -0.2) is 0 Å². The Hall–Kier alpha value is -0.120. The summed E-state index contributed by atoms with van der Waals surface area (Å²) in [7, 11) is 0. The van der Waals surface area contributed by atoms with Crippen molar-refractivity contribution in [3.05, 3.63) is 0 Å². The van der Waals surface area contributed by atoms with E-state index >= 15 is 0 Å². The number of hydrogen-bond donors (Lipinski definition) is 0. The van der Waals surface area contributed by atoms with Crippen LogP contribution in [0.2, 0.25) is 0 Å². The molecule has 3 nitrogen and oxygen atoms in total. The Morgan fingerprint density at radius 1 is 0.581 bits per heavy atom. The van der Waals surface area contributed by atoms with Gasteiger partial charge in [0.05, 0.1) is 12.7 Å². The molecular formula is C28H57NO2. The maximum absolute atomic E-state index is 6.33. The van der Waals surface area contributed by atoms with Crippen molar-refractivity contribution >= 4 is 0 Å². The molecule has 1 aliphatic rings. The van der Waals surface area contributed by atoms with E-state index in [2.05, 4.69) is 46.6 Å². The molecule has 1 saturated heterocycles. The van der Waals surface area contributed by atoms with Gasteiger partial charge in [0.2, 0.25) is 0 Å². The van der Waals surface area contributed by atoms with E-state index < -0.39 is 0 Å². The van der Waals surface area contributed by atoms with Gasteiger partial charge in [0.15, 0.2) is 0 Å². The van der Waals surface area contributed by atoms with Gasteiger partial charge >= 0.3 is 0 Å². The third-order valence-corrected chi connectivity index (χ3v) is 6.83. The lowest BCUT2D eigenvalue weighted by molar-refractivity contribution is -0.294. The molecule has 1 aliphatic heterocycles. The van der Waals surface area contributed by atoms with Crippen molar-refractivity contribution in [2.75, 3.05) is 13.2 Å². The summed E-state index contributed by atoms with van der Waals surface area (Å²) in [6, 6.07) is 0. The van der Waals surface area contributed by atoms with Crippen LogP contribution in [0.3, 0.4) is 0 Å². The first-order valence-corrected chi connectivity index (χ1v) is 13.9. The molecule has 3 heteroatoms. The predicted molar refractivity (Wildman–Crippen MR) is 136 cm³/mol. The van der Waals surface area contributed by atoms with Gasteiger partial charge in [-0.3, -0.25) is 4.84 Å². The van der Waals surface area contributed by atoms with Crippen LogP contribution in [0.15, 0.2) is 0 Å². The second-order valence-corrected chi connectivity index (χ2v) is 11.2. The zero-order chi connectivity index (χ0) is 23.0. The molecule has 0 aromatic heterocycles. The largest absolute Gasteiger partial charge is 0.378 e. The second kappa shape index (κ2) is 16.5. The smallest absolute Gasteiger partial charge is 0.0683 e. The van der Waals surface area contributed by atoms with Crippen LogP contribution in [-0.2, 0) is 9.57 Å². The highest BCUT2D eigenvalue weighted by atomic mass is 16.7. The Balaban J connectivity index is 2.01. The number of unbranched alkanes of at least 4 members (excludes halogenated alkanes) is 13. The summed E-state index contributed by atoms with van der Waals surface area (Å²) in [5, 5.41) is 2.25. The van der Waals surface area contributed by atoms with E-state index in [1.54, 1.807) is 0 Å². The number of ether oxygens (including phenoxy) is 1. The monoisotopic (exact) mass is 439 g/mol. The van der Waals surface area contributed by atoms with Gasteiger partial charge in [-0.05, 0) is 53.4 Å². The van der Waals surface area contributed by atoms with Gasteiger partial charge in [0, 0.05) is 17.7 Å². The minimum Gasteiger partial charge on any atom is -0.378 e. The Bertz CT molecular complexity index is 403. The van der Waals surface area contributed by atoms with E-state index in [9.17, 15) is 0 Å². The van der Waals surface area contributed by atoms with Gasteiger partial charge in [-0.15, -0.1) is 0 Å². The Morgan fingerprint density at radius 2 is 1.00 bits per heavy atom. The standard InChI is InChI=1S/C28H57NO2/c1-7-9-10-11-12-13-14-15-16-17-18-19-20-21-23-30-26-24-27(3,4)29(31-22-8-2)28(5,6)25-26/h26H,7-25H2,1-6H3. The molecule has 0 bridgehead atoms. The molecule has 1 fully saturated rings. The minimum absolute atomic E-state index is 0.0249. The number of piperidine rings is 1.